The molecule has 1 saturated carbocycles. The Morgan fingerprint density at radius 2 is 1.84 bits per heavy atom. The Labute approximate surface area is 114 Å². The van der Waals surface area contributed by atoms with Gasteiger partial charge in [-0.25, -0.2) is 0 Å². The van der Waals surface area contributed by atoms with Gasteiger partial charge in [-0.1, -0.05) is 25.7 Å². The molecule has 0 saturated heterocycles. The molecule has 1 aliphatic heterocycles. The van der Waals surface area contributed by atoms with Crippen LogP contribution in [0.15, 0.2) is 18.2 Å². The van der Waals surface area contributed by atoms with Crippen molar-refractivity contribution in [1.82, 2.24) is 0 Å². The van der Waals surface area contributed by atoms with Crippen molar-refractivity contribution in [1.29, 1.82) is 0 Å². The van der Waals surface area contributed by atoms with Crippen molar-refractivity contribution in [3.05, 3.63) is 23.8 Å². The van der Waals surface area contributed by atoms with Gasteiger partial charge in [0.2, 0.25) is 5.91 Å². The molecule has 19 heavy (non-hydrogen) atoms. The Bertz CT molecular complexity index is 462. The van der Waals surface area contributed by atoms with E-state index >= 15 is 0 Å². The number of benzene rings is 1. The summed E-state index contributed by atoms with van der Waals surface area (Å²) in [6, 6.07) is 6.96. The van der Waals surface area contributed by atoms with Gasteiger partial charge in [-0.15, -0.1) is 0 Å². The number of nitrogens with one attached hydrogen (secondary N) is 2. The molecule has 0 radical (unpaired) electrons. The third-order valence-electron chi connectivity index (χ3n) is 4.23. The minimum Gasteiger partial charge on any atom is -0.382 e. The highest BCUT2D eigenvalue weighted by atomic mass is 16.1. The van der Waals surface area contributed by atoms with E-state index in [9.17, 15) is 4.79 Å². The number of hydrogen-bond acceptors (Lipinski definition) is 2. The van der Waals surface area contributed by atoms with Crippen LogP contribution >= 0.6 is 0 Å². The topological polar surface area (TPSA) is 41.1 Å². The molecule has 3 rings (SSSR count). The summed E-state index contributed by atoms with van der Waals surface area (Å²) in [6.07, 6.45) is 9.50. The summed E-state index contributed by atoms with van der Waals surface area (Å²) in [5, 5.41) is 6.60. The van der Waals surface area contributed by atoms with Gasteiger partial charge >= 0.3 is 0 Å². The lowest BCUT2D eigenvalue weighted by Crippen LogP contribution is -2.21. The molecule has 0 bridgehead atoms. The molecule has 2 aliphatic rings. The third-order valence-corrected chi connectivity index (χ3v) is 4.23. The molecule has 0 unspecified atom stereocenters. The summed E-state index contributed by atoms with van der Waals surface area (Å²) in [5.41, 5.74) is 3.46. The number of carbonyl (C=O) groups excluding carboxylic acids is 1. The quantitative estimate of drug-likeness (QED) is 0.794. The van der Waals surface area contributed by atoms with E-state index in [4.69, 9.17) is 0 Å². The van der Waals surface area contributed by atoms with Crippen LogP contribution < -0.4 is 10.6 Å². The van der Waals surface area contributed by atoms with Crippen LogP contribution in [-0.2, 0) is 11.2 Å². The number of fused-ring (bicyclic) bond motifs is 1. The van der Waals surface area contributed by atoms with Gasteiger partial charge in [0, 0.05) is 23.8 Å². The summed E-state index contributed by atoms with van der Waals surface area (Å²) in [6.45, 7) is 0. The Morgan fingerprint density at radius 1 is 1.05 bits per heavy atom. The number of rotatable bonds is 2. The van der Waals surface area contributed by atoms with E-state index in [0.29, 0.717) is 12.5 Å². The average molecular weight is 258 g/mol. The molecule has 0 spiro atoms. The lowest BCUT2D eigenvalue weighted by atomic mass is 10.0. The van der Waals surface area contributed by atoms with Crippen LogP contribution in [0.5, 0.6) is 0 Å². The molecule has 0 atom stereocenters. The van der Waals surface area contributed by atoms with Crippen molar-refractivity contribution in [2.75, 3.05) is 10.6 Å². The highest BCUT2D eigenvalue weighted by Gasteiger charge is 2.16. The van der Waals surface area contributed by atoms with Gasteiger partial charge in [-0.05, 0) is 43.0 Å². The maximum Gasteiger partial charge on any atom is 0.224 e. The Morgan fingerprint density at radius 3 is 2.63 bits per heavy atom. The molecule has 0 aromatic heterocycles. The van der Waals surface area contributed by atoms with E-state index in [0.717, 1.165) is 12.1 Å². The smallest absolute Gasteiger partial charge is 0.224 e. The number of hydrogen-bond donors (Lipinski definition) is 2. The first kappa shape index (κ1) is 12.5. The maximum atomic E-state index is 11.3. The van der Waals surface area contributed by atoms with Crippen LogP contribution in [0.1, 0.15) is 50.5 Å². The van der Waals surface area contributed by atoms with E-state index in [1.165, 1.54) is 49.8 Å². The van der Waals surface area contributed by atoms with Gasteiger partial charge in [-0.3, -0.25) is 4.79 Å². The molecule has 1 amide bonds. The van der Waals surface area contributed by atoms with Gasteiger partial charge in [-0.2, -0.15) is 0 Å². The first-order valence-electron chi connectivity index (χ1n) is 7.50. The first-order chi connectivity index (χ1) is 9.31. The molecule has 1 heterocycles. The SMILES string of the molecule is O=C1CCc2cc(NC3CCCCCC3)ccc2N1. The van der Waals surface area contributed by atoms with Crippen molar-refractivity contribution < 1.29 is 4.79 Å². The van der Waals surface area contributed by atoms with Crippen molar-refractivity contribution in [3.63, 3.8) is 0 Å². The van der Waals surface area contributed by atoms with E-state index in [1.54, 1.807) is 0 Å². The van der Waals surface area contributed by atoms with Crippen molar-refractivity contribution >= 4 is 17.3 Å². The van der Waals surface area contributed by atoms with Gasteiger partial charge < -0.3 is 10.6 Å². The van der Waals surface area contributed by atoms with E-state index < -0.39 is 0 Å². The Hall–Kier alpha value is -1.51. The molecule has 1 aromatic rings. The molecular formula is C16H22N2O. The number of carbonyl (C=O) groups is 1. The highest BCUT2D eigenvalue weighted by molar-refractivity contribution is 5.94. The summed E-state index contributed by atoms with van der Waals surface area (Å²) in [4.78, 5) is 11.3. The lowest BCUT2D eigenvalue weighted by Gasteiger charge is -2.21. The Kier molecular flexibility index (Phi) is 3.72. The summed E-state index contributed by atoms with van der Waals surface area (Å²) < 4.78 is 0. The second kappa shape index (κ2) is 5.64. The van der Waals surface area contributed by atoms with Crippen molar-refractivity contribution in [3.8, 4) is 0 Å². The zero-order valence-electron chi connectivity index (χ0n) is 11.4. The van der Waals surface area contributed by atoms with E-state index in [-0.39, 0.29) is 5.91 Å². The molecule has 3 heteroatoms. The van der Waals surface area contributed by atoms with Crippen LogP contribution in [0.4, 0.5) is 11.4 Å². The van der Waals surface area contributed by atoms with Gasteiger partial charge in [0.1, 0.15) is 0 Å². The second-order valence-electron chi connectivity index (χ2n) is 5.75. The first-order valence-corrected chi connectivity index (χ1v) is 7.50. The number of amides is 1. The highest BCUT2D eigenvalue weighted by Crippen LogP contribution is 2.27. The van der Waals surface area contributed by atoms with Crippen LogP contribution in [-0.4, -0.2) is 11.9 Å². The van der Waals surface area contributed by atoms with Gasteiger partial charge in [0.05, 0.1) is 0 Å². The van der Waals surface area contributed by atoms with Crippen molar-refractivity contribution in [2.24, 2.45) is 0 Å². The molecule has 3 nitrogen and oxygen atoms in total. The zero-order chi connectivity index (χ0) is 13.1. The molecule has 1 fully saturated rings. The van der Waals surface area contributed by atoms with Gasteiger partial charge in [0.15, 0.2) is 0 Å². The molecule has 2 N–H and O–H groups in total. The zero-order valence-corrected chi connectivity index (χ0v) is 11.4. The Balaban J connectivity index is 1.69. The van der Waals surface area contributed by atoms with E-state index in [2.05, 4.69) is 22.8 Å². The van der Waals surface area contributed by atoms with Gasteiger partial charge in [0.25, 0.3) is 0 Å². The van der Waals surface area contributed by atoms with Crippen molar-refractivity contribution in [2.45, 2.75) is 57.4 Å². The fourth-order valence-electron chi connectivity index (χ4n) is 3.13. The summed E-state index contributed by atoms with van der Waals surface area (Å²) in [5.74, 6) is 0.136. The van der Waals surface area contributed by atoms with Crippen LogP contribution in [0.3, 0.4) is 0 Å². The standard InChI is InChI=1S/C16H22N2O/c19-16-10-7-12-11-14(8-9-15(12)18-16)17-13-5-3-1-2-4-6-13/h8-9,11,13,17H,1-7,10H2,(H,18,19). The van der Waals surface area contributed by atoms with Crippen LogP contribution in [0.25, 0.3) is 0 Å². The minimum atomic E-state index is 0.136. The molecular weight excluding hydrogens is 236 g/mol. The number of aryl methyl sites for hydroxylation is 1. The lowest BCUT2D eigenvalue weighted by molar-refractivity contribution is -0.116. The summed E-state index contributed by atoms with van der Waals surface area (Å²) >= 11 is 0. The van der Waals surface area contributed by atoms with E-state index in [1.807, 2.05) is 6.07 Å². The number of anilines is 2. The van der Waals surface area contributed by atoms with Crippen LogP contribution in [0.2, 0.25) is 0 Å². The third kappa shape index (κ3) is 3.09. The molecule has 1 aromatic carbocycles. The largest absolute Gasteiger partial charge is 0.382 e. The predicted octanol–water partition coefficient (Wildman–Crippen LogP) is 3.71. The summed E-state index contributed by atoms with van der Waals surface area (Å²) in [7, 11) is 0. The second-order valence-corrected chi connectivity index (χ2v) is 5.75. The average Bonchev–Trinajstić information content (AvgIpc) is 2.68. The minimum absolute atomic E-state index is 0.136. The monoisotopic (exact) mass is 258 g/mol. The molecule has 1 aliphatic carbocycles. The molecule has 102 valence electrons. The van der Waals surface area contributed by atoms with Crippen LogP contribution in [0, 0.1) is 0 Å². The maximum absolute atomic E-state index is 11.3. The fraction of sp³-hybridized carbons (Fsp3) is 0.562. The fourth-order valence-corrected chi connectivity index (χ4v) is 3.13. The predicted molar refractivity (Wildman–Crippen MR) is 78.5 cm³/mol. The normalized spacial score (nSPS) is 20.3.